The van der Waals surface area contributed by atoms with Crippen molar-refractivity contribution in [3.05, 3.63) is 0 Å². The summed E-state index contributed by atoms with van der Waals surface area (Å²) in [6.45, 7) is 4.81. The maximum absolute atomic E-state index is 13.5. The molecule has 3 heterocycles. The lowest BCUT2D eigenvalue weighted by Gasteiger charge is -2.48. The van der Waals surface area contributed by atoms with E-state index in [4.69, 9.17) is 37.5 Å². The summed E-state index contributed by atoms with van der Waals surface area (Å²) in [5, 5.41) is 0. The molecule has 3 fully saturated rings. The van der Waals surface area contributed by atoms with Crippen LogP contribution in [0.3, 0.4) is 0 Å². The van der Waals surface area contributed by atoms with Crippen molar-refractivity contribution < 1.29 is 66.0 Å². The first kappa shape index (κ1) is 26.5. The van der Waals surface area contributed by atoms with Gasteiger partial charge in [0.1, 0.15) is 19.6 Å². The Labute approximate surface area is 154 Å². The Bertz CT molecular complexity index is 643. The molecule has 3 aliphatic rings. The third-order valence-corrected chi connectivity index (χ3v) is 5.39. The molecule has 3 saturated heterocycles. The highest BCUT2D eigenvalue weighted by molar-refractivity contribution is 7.86. The maximum atomic E-state index is 13.5. The number of fused-ring (bicyclic) bond motifs is 3. The molecule has 0 atom stereocenters. The Morgan fingerprint density at radius 3 is 1.11 bits per heavy atom. The van der Waals surface area contributed by atoms with Crippen LogP contribution in [0, 0.1) is 0 Å². The Kier molecular flexibility index (Phi) is 8.35. The molecule has 0 radical (unpaired) electrons. The van der Waals surface area contributed by atoms with Crippen LogP contribution in [0.15, 0.2) is 0 Å². The number of hydrogen-bond acceptors (Lipinski definition) is 6. The highest BCUT2D eigenvalue weighted by Crippen LogP contribution is 2.27. The van der Waals surface area contributed by atoms with Crippen LogP contribution in [-0.2, 0) is 20.2 Å². The van der Waals surface area contributed by atoms with E-state index in [9.17, 15) is 30.8 Å². The molecule has 8 nitrogen and oxygen atoms in total. The smallest absolute Gasteiger partial charge is 0.485 e. The normalized spacial score (nSPS) is 28.5. The van der Waals surface area contributed by atoms with Crippen molar-refractivity contribution in [1.82, 2.24) is 0 Å². The fourth-order valence-corrected chi connectivity index (χ4v) is 2.38. The summed E-state index contributed by atoms with van der Waals surface area (Å²) < 4.78 is 132. The molecule has 0 unspecified atom stereocenters. The van der Waals surface area contributed by atoms with Crippen LogP contribution in [0.2, 0.25) is 0 Å². The number of rotatable bonds is 1. The number of alkyl halides is 7. The van der Waals surface area contributed by atoms with Gasteiger partial charge < -0.3 is 9.11 Å². The summed E-state index contributed by atoms with van der Waals surface area (Å²) in [6.07, 6.45) is 0. The fraction of sp³-hybridized carbons (Fsp3) is 1.00. The second-order valence-corrected chi connectivity index (χ2v) is 8.61. The number of quaternary nitrogens is 2. The van der Waals surface area contributed by atoms with Gasteiger partial charge in [-0.05, 0) is 4.48 Å². The van der Waals surface area contributed by atoms with E-state index < -0.39 is 31.3 Å². The van der Waals surface area contributed by atoms with E-state index in [2.05, 4.69) is 0 Å². The maximum Gasteiger partial charge on any atom is 0.485 e. The third-order valence-electron chi connectivity index (χ3n) is 3.75. The molecule has 0 aromatic heterocycles. The average Bonchev–Trinajstić information content (AvgIpc) is 2.46. The topological polar surface area (TPSA) is 114 Å². The van der Waals surface area contributed by atoms with Gasteiger partial charge in [0.05, 0.1) is 0 Å². The lowest BCUT2D eigenvalue weighted by molar-refractivity contribution is -1.15. The zero-order valence-corrected chi connectivity index (χ0v) is 15.5. The van der Waals surface area contributed by atoms with Crippen molar-refractivity contribution >= 4 is 31.8 Å². The van der Waals surface area contributed by atoms with Gasteiger partial charge in [-0.2, -0.15) is 26.3 Å². The minimum absolute atomic E-state index is 0.198. The number of halogens is 8. The first-order valence-corrected chi connectivity index (χ1v) is 10.0. The van der Waals surface area contributed by atoms with Gasteiger partial charge >= 0.3 is 11.0 Å². The van der Waals surface area contributed by atoms with Crippen LogP contribution in [0.5, 0.6) is 0 Å². The van der Waals surface area contributed by atoms with E-state index in [0.717, 1.165) is 24.1 Å². The molecule has 2 bridgehead atoms. The molecular formula is C9H14ClF7N2O6S2. The molecule has 0 spiro atoms. The summed E-state index contributed by atoms with van der Waals surface area (Å²) in [4.78, 5) is 0. The zero-order chi connectivity index (χ0) is 21.9. The Balaban J connectivity index is 0.000000387. The summed E-state index contributed by atoms with van der Waals surface area (Å²) in [7, 11) is -12.2. The van der Waals surface area contributed by atoms with Crippen LogP contribution in [0.25, 0.3) is 0 Å². The van der Waals surface area contributed by atoms with Crippen LogP contribution in [0.4, 0.5) is 30.8 Å². The van der Waals surface area contributed by atoms with Crippen molar-refractivity contribution in [2.24, 2.45) is 0 Å². The molecule has 0 aliphatic carbocycles. The molecular weight excluding hydrogens is 464 g/mol. The van der Waals surface area contributed by atoms with Crippen LogP contribution in [-0.4, -0.2) is 91.4 Å². The van der Waals surface area contributed by atoms with Gasteiger partial charge in [-0.25, -0.2) is 16.8 Å². The third kappa shape index (κ3) is 8.20. The molecule has 0 N–H and O–H groups in total. The summed E-state index contributed by atoms with van der Waals surface area (Å²) in [5.74, 6) is 0. The SMILES string of the molecule is O=S(=O)([O-])C(F)(F)F.O=S(=O)([O-])C(F)(F)F.[18F][N+]12CC[N+](CCl)(CC1)CC2. The van der Waals surface area contributed by atoms with Gasteiger partial charge in [0.15, 0.2) is 45.9 Å². The molecule has 164 valence electrons. The highest BCUT2D eigenvalue weighted by Gasteiger charge is 2.50. The molecule has 3 rings (SSSR count). The van der Waals surface area contributed by atoms with Gasteiger partial charge in [0.2, 0.25) is 0 Å². The zero-order valence-electron chi connectivity index (χ0n) is 13.1. The second kappa shape index (κ2) is 8.50. The largest absolute Gasteiger partial charge is 0.741 e. The minimum Gasteiger partial charge on any atom is -0.741 e. The predicted octanol–water partition coefficient (Wildman–Crippen LogP) is 0.831. The van der Waals surface area contributed by atoms with Crippen molar-refractivity contribution in [2.75, 3.05) is 45.3 Å². The second-order valence-electron chi connectivity index (χ2n) is 5.63. The average molecular weight is 478 g/mol. The van der Waals surface area contributed by atoms with Crippen LogP contribution < -0.4 is 0 Å². The number of piperazine rings is 3. The molecule has 27 heavy (non-hydrogen) atoms. The molecule has 0 amide bonds. The van der Waals surface area contributed by atoms with Gasteiger partial charge in [-0.1, -0.05) is 11.6 Å². The number of nitrogens with zero attached hydrogens (tertiary/aromatic N) is 2. The van der Waals surface area contributed by atoms with E-state index in [1.165, 1.54) is 0 Å². The standard InChI is InChI=1S/C7H14ClFN2.2CHF3O3S/c8-7-10-1-4-11(9,5-2-10)6-3-10;2*2-1(3,4)8(5,6)7/h1-7H2;2*(H,5,6,7)/q+2;;/p-2/i9-1;;. The van der Waals surface area contributed by atoms with E-state index in [1.54, 1.807) is 0 Å². The lowest BCUT2D eigenvalue weighted by atomic mass is 10.2. The molecule has 0 aromatic rings. The molecule has 18 heteroatoms. The summed E-state index contributed by atoms with van der Waals surface area (Å²) in [6, 6.07) is 0.667. The summed E-state index contributed by atoms with van der Waals surface area (Å²) in [5.41, 5.74) is -11.3. The molecule has 0 aromatic carbocycles. The minimum atomic E-state index is -6.09. The molecule has 0 saturated carbocycles. The van der Waals surface area contributed by atoms with E-state index in [0.29, 0.717) is 25.6 Å². The van der Waals surface area contributed by atoms with Crippen molar-refractivity contribution in [2.45, 2.75) is 11.0 Å². The van der Waals surface area contributed by atoms with Gasteiger partial charge in [-0.3, -0.25) is 4.48 Å². The van der Waals surface area contributed by atoms with Gasteiger partial charge in [-0.15, -0.1) is 4.71 Å². The Morgan fingerprint density at radius 2 is 0.963 bits per heavy atom. The lowest BCUT2D eigenvalue weighted by Crippen LogP contribution is -2.71. The fourth-order valence-electron chi connectivity index (χ4n) is 2.02. The van der Waals surface area contributed by atoms with Gasteiger partial charge in [0.25, 0.3) is 0 Å². The van der Waals surface area contributed by atoms with E-state index in [1.807, 2.05) is 0 Å². The highest BCUT2D eigenvalue weighted by atomic mass is 35.5. The Morgan fingerprint density at radius 1 is 0.741 bits per heavy atom. The summed E-state index contributed by atoms with van der Waals surface area (Å²) >= 11 is 5.85. The van der Waals surface area contributed by atoms with E-state index in [-0.39, 0.29) is 4.71 Å². The Hall–Kier alpha value is -0.460. The van der Waals surface area contributed by atoms with Crippen molar-refractivity contribution in [3.8, 4) is 0 Å². The first-order valence-electron chi connectivity index (χ1n) is 6.69. The first-order chi connectivity index (χ1) is 11.7. The molecule has 3 aliphatic heterocycles. The monoisotopic (exact) mass is 477 g/mol. The van der Waals surface area contributed by atoms with Crippen LogP contribution in [0.1, 0.15) is 0 Å². The van der Waals surface area contributed by atoms with E-state index >= 15 is 0 Å². The van der Waals surface area contributed by atoms with Crippen molar-refractivity contribution in [1.29, 1.82) is 0 Å². The van der Waals surface area contributed by atoms with Gasteiger partial charge in [0, 0.05) is 0 Å². The van der Waals surface area contributed by atoms with Crippen molar-refractivity contribution in [3.63, 3.8) is 0 Å². The van der Waals surface area contributed by atoms with Crippen LogP contribution >= 0.6 is 11.6 Å². The number of hydrogen-bond donors (Lipinski definition) is 0. The predicted molar refractivity (Wildman–Crippen MR) is 73.1 cm³/mol. The quantitative estimate of drug-likeness (QED) is 0.105.